The molecule has 0 N–H and O–H groups in total. The zero-order valence-electron chi connectivity index (χ0n) is 16.8. The van der Waals surface area contributed by atoms with Gasteiger partial charge < -0.3 is 14.1 Å². The molecule has 28 heavy (non-hydrogen) atoms. The number of ether oxygens (including phenoxy) is 1. The number of nitrogens with zero attached hydrogens (tertiary/aromatic N) is 1. The highest BCUT2D eigenvalue weighted by molar-refractivity contribution is 5.88. The number of carbonyl (C=O) groups is 1. The predicted octanol–water partition coefficient (Wildman–Crippen LogP) is 5.12. The molecule has 1 heterocycles. The molecule has 1 aliphatic rings. The second-order valence-corrected chi connectivity index (χ2v) is 7.89. The molecule has 0 radical (unpaired) electrons. The van der Waals surface area contributed by atoms with Crippen LogP contribution < -0.4 is 4.74 Å². The van der Waals surface area contributed by atoms with Gasteiger partial charge >= 0.3 is 0 Å². The van der Waals surface area contributed by atoms with Gasteiger partial charge in [0.05, 0.1) is 19.8 Å². The summed E-state index contributed by atoms with van der Waals surface area (Å²) < 4.78 is 10.9. The number of aryl methyl sites for hydroxylation is 1. The number of hydrogen-bond donors (Lipinski definition) is 0. The van der Waals surface area contributed by atoms with Crippen molar-refractivity contribution in [3.63, 3.8) is 0 Å². The molecule has 4 nitrogen and oxygen atoms in total. The molecule has 4 heteroatoms. The minimum atomic E-state index is 0.151. The molecule has 1 fully saturated rings. The minimum absolute atomic E-state index is 0.151. The zero-order chi connectivity index (χ0) is 19.7. The fraction of sp³-hybridized carbons (Fsp3) is 0.375. The quantitative estimate of drug-likeness (QED) is 0.574. The number of benzene rings is 2. The maximum absolute atomic E-state index is 13.3. The highest BCUT2D eigenvalue weighted by Crippen LogP contribution is 2.36. The van der Waals surface area contributed by atoms with Crippen molar-refractivity contribution in [3.05, 3.63) is 65.4 Å². The van der Waals surface area contributed by atoms with Gasteiger partial charge in [-0.15, -0.1) is 0 Å². The maximum atomic E-state index is 13.3. The standard InChI is InChI=1S/C24H27NO3/c1-16-4-11-22-20(15-28-23(22)12-16)13-24(26)25(17(2)19-7-8-19)14-18-5-9-21(27-3)10-6-18/h4-6,9-12,15,17,19H,7-8,13-14H2,1-3H3. The van der Waals surface area contributed by atoms with E-state index in [1.165, 1.54) is 12.8 Å². The Morgan fingerprint density at radius 2 is 1.96 bits per heavy atom. The van der Waals surface area contributed by atoms with Crippen molar-refractivity contribution < 1.29 is 13.9 Å². The van der Waals surface area contributed by atoms with Gasteiger partial charge in [-0.25, -0.2) is 0 Å². The Balaban J connectivity index is 1.55. The Morgan fingerprint density at radius 1 is 1.21 bits per heavy atom. The number of hydrogen-bond acceptors (Lipinski definition) is 3. The average Bonchev–Trinajstić information content (AvgIpc) is 3.48. The van der Waals surface area contributed by atoms with E-state index in [0.717, 1.165) is 33.4 Å². The fourth-order valence-electron chi connectivity index (χ4n) is 3.81. The second kappa shape index (κ2) is 7.70. The van der Waals surface area contributed by atoms with Crippen LogP contribution in [0.4, 0.5) is 0 Å². The molecule has 0 spiro atoms. The van der Waals surface area contributed by atoms with Gasteiger partial charge in [-0.3, -0.25) is 4.79 Å². The van der Waals surface area contributed by atoms with Crippen LogP contribution in [-0.2, 0) is 17.8 Å². The lowest BCUT2D eigenvalue weighted by molar-refractivity contribution is -0.133. The van der Waals surface area contributed by atoms with Crippen LogP contribution in [0.2, 0.25) is 0 Å². The Hall–Kier alpha value is -2.75. The van der Waals surface area contributed by atoms with Gasteiger partial charge in [-0.05, 0) is 61.9 Å². The third-order valence-electron chi connectivity index (χ3n) is 5.78. The number of furan rings is 1. The lowest BCUT2D eigenvalue weighted by Crippen LogP contribution is -2.40. The Bertz CT molecular complexity index is 969. The van der Waals surface area contributed by atoms with E-state index in [1.807, 2.05) is 42.2 Å². The van der Waals surface area contributed by atoms with E-state index < -0.39 is 0 Å². The van der Waals surface area contributed by atoms with Crippen LogP contribution in [0.5, 0.6) is 5.75 Å². The van der Waals surface area contributed by atoms with E-state index in [9.17, 15) is 4.79 Å². The lowest BCUT2D eigenvalue weighted by Gasteiger charge is -2.30. The van der Waals surface area contributed by atoms with Gasteiger partial charge in [0.15, 0.2) is 0 Å². The Kier molecular flexibility index (Phi) is 5.12. The van der Waals surface area contributed by atoms with Gasteiger partial charge in [-0.1, -0.05) is 24.3 Å². The Labute approximate surface area is 166 Å². The molecule has 1 aromatic heterocycles. The summed E-state index contributed by atoms with van der Waals surface area (Å²) in [7, 11) is 1.66. The van der Waals surface area contributed by atoms with Crippen LogP contribution in [-0.4, -0.2) is 24.0 Å². The van der Waals surface area contributed by atoms with Crippen LogP contribution in [0.3, 0.4) is 0 Å². The molecule has 2 aromatic carbocycles. The molecule has 4 rings (SSSR count). The monoisotopic (exact) mass is 377 g/mol. The first-order valence-electron chi connectivity index (χ1n) is 9.94. The molecular formula is C24H27NO3. The van der Waals surface area contributed by atoms with Crippen molar-refractivity contribution in [1.82, 2.24) is 4.90 Å². The minimum Gasteiger partial charge on any atom is -0.497 e. The first-order chi connectivity index (χ1) is 13.5. The van der Waals surface area contributed by atoms with Crippen molar-refractivity contribution in [2.75, 3.05) is 7.11 Å². The summed E-state index contributed by atoms with van der Waals surface area (Å²) >= 11 is 0. The zero-order valence-corrected chi connectivity index (χ0v) is 16.8. The third-order valence-corrected chi connectivity index (χ3v) is 5.78. The molecule has 1 unspecified atom stereocenters. The summed E-state index contributed by atoms with van der Waals surface area (Å²) in [4.78, 5) is 15.3. The SMILES string of the molecule is COc1ccc(CN(C(=O)Cc2coc3cc(C)ccc23)C(C)C2CC2)cc1. The van der Waals surface area contributed by atoms with Gasteiger partial charge in [0.25, 0.3) is 0 Å². The summed E-state index contributed by atoms with van der Waals surface area (Å²) in [6.07, 6.45) is 4.52. The molecule has 1 atom stereocenters. The molecule has 1 saturated carbocycles. The van der Waals surface area contributed by atoms with E-state index in [0.29, 0.717) is 18.9 Å². The van der Waals surface area contributed by atoms with E-state index in [-0.39, 0.29) is 11.9 Å². The number of amides is 1. The molecule has 0 saturated heterocycles. The highest BCUT2D eigenvalue weighted by atomic mass is 16.5. The average molecular weight is 377 g/mol. The summed E-state index contributed by atoms with van der Waals surface area (Å²) in [6, 6.07) is 14.4. The number of methoxy groups -OCH3 is 1. The normalized spacial score (nSPS) is 14.8. The Morgan fingerprint density at radius 3 is 2.64 bits per heavy atom. The molecule has 146 valence electrons. The van der Waals surface area contributed by atoms with Gasteiger partial charge in [0.2, 0.25) is 5.91 Å². The van der Waals surface area contributed by atoms with Crippen LogP contribution in [0.25, 0.3) is 11.0 Å². The predicted molar refractivity (Wildman–Crippen MR) is 110 cm³/mol. The van der Waals surface area contributed by atoms with Gasteiger partial charge in [0, 0.05) is 23.5 Å². The summed E-state index contributed by atoms with van der Waals surface area (Å²) in [5, 5.41) is 1.03. The van der Waals surface area contributed by atoms with Crippen molar-refractivity contribution in [3.8, 4) is 5.75 Å². The lowest BCUT2D eigenvalue weighted by atomic mass is 10.1. The molecular weight excluding hydrogens is 350 g/mol. The van der Waals surface area contributed by atoms with E-state index in [2.05, 4.69) is 19.1 Å². The number of rotatable bonds is 7. The summed E-state index contributed by atoms with van der Waals surface area (Å²) in [5.74, 6) is 1.60. The smallest absolute Gasteiger partial charge is 0.227 e. The van der Waals surface area contributed by atoms with Crippen LogP contribution in [0.15, 0.2) is 53.1 Å². The van der Waals surface area contributed by atoms with Crippen LogP contribution >= 0.6 is 0 Å². The molecule has 0 aliphatic heterocycles. The van der Waals surface area contributed by atoms with E-state index >= 15 is 0 Å². The second-order valence-electron chi connectivity index (χ2n) is 7.89. The first-order valence-corrected chi connectivity index (χ1v) is 9.94. The van der Waals surface area contributed by atoms with Crippen molar-refractivity contribution >= 4 is 16.9 Å². The molecule has 1 aliphatic carbocycles. The first kappa shape index (κ1) is 18.6. The van der Waals surface area contributed by atoms with Crippen molar-refractivity contribution in [2.24, 2.45) is 5.92 Å². The molecule has 3 aromatic rings. The van der Waals surface area contributed by atoms with Crippen LogP contribution in [0, 0.1) is 12.8 Å². The highest BCUT2D eigenvalue weighted by Gasteiger charge is 2.34. The van der Waals surface area contributed by atoms with Gasteiger partial charge in [0.1, 0.15) is 11.3 Å². The largest absolute Gasteiger partial charge is 0.497 e. The summed E-state index contributed by atoms with van der Waals surface area (Å²) in [6.45, 7) is 4.84. The van der Waals surface area contributed by atoms with Crippen LogP contribution in [0.1, 0.15) is 36.5 Å². The molecule has 1 amide bonds. The number of fused-ring (bicyclic) bond motifs is 1. The van der Waals surface area contributed by atoms with Crippen molar-refractivity contribution in [1.29, 1.82) is 0 Å². The van der Waals surface area contributed by atoms with Gasteiger partial charge in [-0.2, -0.15) is 0 Å². The third kappa shape index (κ3) is 3.91. The topological polar surface area (TPSA) is 42.7 Å². The summed E-state index contributed by atoms with van der Waals surface area (Å²) in [5.41, 5.74) is 4.08. The van der Waals surface area contributed by atoms with E-state index in [4.69, 9.17) is 9.15 Å². The van der Waals surface area contributed by atoms with Crippen molar-refractivity contribution in [2.45, 2.75) is 45.7 Å². The molecule has 0 bridgehead atoms. The fourth-order valence-corrected chi connectivity index (χ4v) is 3.81. The van der Waals surface area contributed by atoms with E-state index in [1.54, 1.807) is 13.4 Å². The maximum Gasteiger partial charge on any atom is 0.227 e. The number of carbonyl (C=O) groups excluding carboxylic acids is 1.